The summed E-state index contributed by atoms with van der Waals surface area (Å²) in [6.45, 7) is 2.79. The van der Waals surface area contributed by atoms with E-state index in [1.807, 2.05) is 12.1 Å². The third kappa shape index (κ3) is 3.51. The molecule has 1 amide bonds. The molecule has 0 aliphatic carbocycles. The molecule has 1 aliphatic rings. The molecule has 21 heavy (non-hydrogen) atoms. The monoisotopic (exact) mass is 309 g/mol. The number of hydrogen-bond acceptors (Lipinski definition) is 5. The lowest BCUT2D eigenvalue weighted by molar-refractivity contribution is -0.130. The number of nitrogens with zero attached hydrogens (tertiary/aromatic N) is 1. The Kier molecular flexibility index (Phi) is 5.14. The van der Waals surface area contributed by atoms with E-state index in [9.17, 15) is 9.90 Å². The summed E-state index contributed by atoms with van der Waals surface area (Å²) in [5.74, 6) is 1.35. The minimum Gasteiger partial charge on any atom is -0.504 e. The van der Waals surface area contributed by atoms with Crippen molar-refractivity contribution in [1.29, 1.82) is 0 Å². The number of carbonyl (C=O) groups is 1. The summed E-state index contributed by atoms with van der Waals surface area (Å²) >= 11 is 1.53. The van der Waals surface area contributed by atoms with E-state index in [2.05, 4.69) is 0 Å². The van der Waals surface area contributed by atoms with Gasteiger partial charge in [0, 0.05) is 19.4 Å². The van der Waals surface area contributed by atoms with E-state index in [1.165, 1.54) is 18.9 Å². The first-order valence-corrected chi connectivity index (χ1v) is 7.55. The Morgan fingerprint density at radius 3 is 2.86 bits per heavy atom. The van der Waals surface area contributed by atoms with E-state index in [-0.39, 0.29) is 11.7 Å². The number of methoxy groups -OCH3 is 2. The average molecular weight is 309 g/mol. The summed E-state index contributed by atoms with van der Waals surface area (Å²) in [5, 5.41) is 9.85. The Hall–Kier alpha value is -1.66. The van der Waals surface area contributed by atoms with Crippen LogP contribution in [0.25, 0.3) is 6.08 Å². The number of phenols is 1. The Balaban J connectivity index is 2.30. The number of amides is 1. The molecule has 1 heterocycles. The number of hydrogen-bond donors (Lipinski definition) is 1. The smallest absolute Gasteiger partial charge is 0.262 e. The molecule has 5 nitrogen and oxygen atoms in total. The van der Waals surface area contributed by atoms with Gasteiger partial charge in [0.25, 0.3) is 5.91 Å². The summed E-state index contributed by atoms with van der Waals surface area (Å²) in [7, 11) is 3.08. The third-order valence-electron chi connectivity index (χ3n) is 3.21. The average Bonchev–Trinajstić information content (AvgIpc) is 2.47. The summed E-state index contributed by atoms with van der Waals surface area (Å²) in [6.07, 6.45) is 1.82. The van der Waals surface area contributed by atoms with Gasteiger partial charge >= 0.3 is 0 Å². The van der Waals surface area contributed by atoms with E-state index >= 15 is 0 Å². The minimum atomic E-state index is -0.0298. The van der Waals surface area contributed by atoms with Gasteiger partial charge in [-0.2, -0.15) is 0 Å². The highest BCUT2D eigenvalue weighted by atomic mass is 32.2. The number of aryl methyl sites for hydroxylation is 1. The van der Waals surface area contributed by atoms with Crippen molar-refractivity contribution < 1.29 is 19.4 Å². The van der Waals surface area contributed by atoms with Crippen molar-refractivity contribution in [3.8, 4) is 11.5 Å². The summed E-state index contributed by atoms with van der Waals surface area (Å²) in [5.41, 5.74) is 1.54. The Morgan fingerprint density at radius 2 is 2.19 bits per heavy atom. The SMILES string of the molecule is COCN1CCSC(=Cc2cc(C)c(O)c(OC)c2)C1=O. The van der Waals surface area contributed by atoms with Gasteiger partial charge in [-0.25, -0.2) is 0 Å². The van der Waals surface area contributed by atoms with Crippen LogP contribution in [0.15, 0.2) is 17.0 Å². The highest BCUT2D eigenvalue weighted by Crippen LogP contribution is 2.33. The molecule has 2 rings (SSSR count). The van der Waals surface area contributed by atoms with Gasteiger partial charge in [-0.1, -0.05) is 0 Å². The molecule has 1 aliphatic heterocycles. The van der Waals surface area contributed by atoms with Gasteiger partial charge < -0.3 is 19.5 Å². The Bertz CT molecular complexity index is 569. The fraction of sp³-hybridized carbons (Fsp3) is 0.400. The van der Waals surface area contributed by atoms with Crippen LogP contribution in [0.5, 0.6) is 11.5 Å². The van der Waals surface area contributed by atoms with Crippen LogP contribution in [0, 0.1) is 6.92 Å². The molecule has 1 aromatic carbocycles. The molecule has 1 saturated heterocycles. The molecular weight excluding hydrogens is 290 g/mol. The predicted molar refractivity (Wildman–Crippen MR) is 83.4 cm³/mol. The topological polar surface area (TPSA) is 59.0 Å². The van der Waals surface area contributed by atoms with Crippen molar-refractivity contribution in [2.75, 3.05) is 33.2 Å². The van der Waals surface area contributed by atoms with Crippen LogP contribution in [0.3, 0.4) is 0 Å². The number of ether oxygens (including phenoxy) is 2. The second kappa shape index (κ2) is 6.87. The van der Waals surface area contributed by atoms with E-state index in [0.717, 1.165) is 11.3 Å². The van der Waals surface area contributed by atoms with Crippen molar-refractivity contribution in [1.82, 2.24) is 4.90 Å². The summed E-state index contributed by atoms with van der Waals surface area (Å²) < 4.78 is 10.2. The minimum absolute atomic E-state index is 0.0298. The number of rotatable bonds is 4. The standard InChI is InChI=1S/C15H19NO4S/c1-10-6-11(7-12(20-3)14(10)17)8-13-15(18)16(9-19-2)4-5-21-13/h6-8,17H,4-5,9H2,1-3H3. The van der Waals surface area contributed by atoms with Gasteiger partial charge in [0.2, 0.25) is 0 Å². The predicted octanol–water partition coefficient (Wildman–Crippen LogP) is 2.23. The van der Waals surface area contributed by atoms with Gasteiger partial charge in [-0.05, 0) is 36.3 Å². The number of aromatic hydroxyl groups is 1. The number of thioether (sulfide) groups is 1. The lowest BCUT2D eigenvalue weighted by Crippen LogP contribution is -2.38. The second-order valence-electron chi connectivity index (χ2n) is 4.73. The van der Waals surface area contributed by atoms with Gasteiger partial charge in [0.15, 0.2) is 11.5 Å². The van der Waals surface area contributed by atoms with Crippen LogP contribution in [0.2, 0.25) is 0 Å². The van der Waals surface area contributed by atoms with Gasteiger partial charge in [0.05, 0.1) is 12.0 Å². The molecule has 1 fully saturated rings. The van der Waals surface area contributed by atoms with E-state index in [0.29, 0.717) is 29.5 Å². The zero-order valence-corrected chi connectivity index (χ0v) is 13.2. The Morgan fingerprint density at radius 1 is 1.43 bits per heavy atom. The summed E-state index contributed by atoms with van der Waals surface area (Å²) in [6, 6.07) is 3.55. The van der Waals surface area contributed by atoms with Crippen LogP contribution in [0.1, 0.15) is 11.1 Å². The maximum atomic E-state index is 12.3. The summed E-state index contributed by atoms with van der Waals surface area (Å²) in [4.78, 5) is 14.6. The fourth-order valence-electron chi connectivity index (χ4n) is 2.13. The van der Waals surface area contributed by atoms with E-state index in [4.69, 9.17) is 9.47 Å². The molecule has 0 bridgehead atoms. The number of phenolic OH excluding ortho intramolecular Hbond substituents is 1. The molecule has 1 N–H and O–H groups in total. The van der Waals surface area contributed by atoms with Crippen molar-refractivity contribution in [3.05, 3.63) is 28.2 Å². The van der Waals surface area contributed by atoms with E-state index < -0.39 is 0 Å². The molecule has 0 aromatic heterocycles. The first-order chi connectivity index (χ1) is 10.1. The van der Waals surface area contributed by atoms with Crippen molar-refractivity contribution in [2.45, 2.75) is 6.92 Å². The molecule has 0 atom stereocenters. The van der Waals surface area contributed by atoms with Crippen LogP contribution in [-0.2, 0) is 9.53 Å². The highest BCUT2D eigenvalue weighted by Gasteiger charge is 2.23. The molecule has 0 spiro atoms. The number of carbonyl (C=O) groups excluding carboxylic acids is 1. The van der Waals surface area contributed by atoms with Gasteiger partial charge in [-0.15, -0.1) is 11.8 Å². The fourth-order valence-corrected chi connectivity index (χ4v) is 3.14. The van der Waals surface area contributed by atoms with Crippen LogP contribution in [-0.4, -0.2) is 49.2 Å². The maximum absolute atomic E-state index is 12.3. The molecule has 0 saturated carbocycles. The number of benzene rings is 1. The molecule has 0 unspecified atom stereocenters. The first kappa shape index (κ1) is 15.7. The lowest BCUT2D eigenvalue weighted by atomic mass is 10.1. The molecule has 114 valence electrons. The van der Waals surface area contributed by atoms with Crippen LogP contribution >= 0.6 is 11.8 Å². The molecular formula is C15H19NO4S. The maximum Gasteiger partial charge on any atom is 0.262 e. The van der Waals surface area contributed by atoms with Crippen molar-refractivity contribution >= 4 is 23.7 Å². The quantitative estimate of drug-likeness (QED) is 0.864. The largest absolute Gasteiger partial charge is 0.504 e. The van der Waals surface area contributed by atoms with E-state index in [1.54, 1.807) is 25.0 Å². The zero-order valence-electron chi connectivity index (χ0n) is 12.4. The molecule has 0 radical (unpaired) electrons. The van der Waals surface area contributed by atoms with Crippen LogP contribution in [0.4, 0.5) is 0 Å². The normalized spacial score (nSPS) is 17.4. The van der Waals surface area contributed by atoms with Gasteiger partial charge in [-0.3, -0.25) is 4.79 Å². The van der Waals surface area contributed by atoms with Gasteiger partial charge in [0.1, 0.15) is 6.73 Å². The lowest BCUT2D eigenvalue weighted by Gasteiger charge is -2.27. The Labute approximate surface area is 128 Å². The highest BCUT2D eigenvalue weighted by molar-refractivity contribution is 8.04. The first-order valence-electron chi connectivity index (χ1n) is 6.57. The second-order valence-corrected chi connectivity index (χ2v) is 5.87. The van der Waals surface area contributed by atoms with Crippen molar-refractivity contribution in [2.24, 2.45) is 0 Å². The van der Waals surface area contributed by atoms with Crippen molar-refractivity contribution in [3.63, 3.8) is 0 Å². The van der Waals surface area contributed by atoms with Crippen LogP contribution < -0.4 is 4.74 Å². The third-order valence-corrected chi connectivity index (χ3v) is 4.20. The molecule has 6 heteroatoms. The zero-order chi connectivity index (χ0) is 15.4. The molecule has 1 aromatic rings.